The van der Waals surface area contributed by atoms with Crippen LogP contribution >= 0.6 is 0 Å². The number of ether oxygens (including phenoxy) is 1. The van der Waals surface area contributed by atoms with E-state index in [2.05, 4.69) is 20.6 Å². The number of anilines is 2. The molecule has 9 heteroatoms. The maximum absolute atomic E-state index is 12.9. The summed E-state index contributed by atoms with van der Waals surface area (Å²) in [6.45, 7) is 3.70. The molecule has 0 radical (unpaired) electrons. The fourth-order valence-electron chi connectivity index (χ4n) is 3.78. The van der Waals surface area contributed by atoms with Crippen LogP contribution in [0, 0.1) is 18.7 Å². The number of halogens is 1. The molecule has 2 N–H and O–H groups in total. The maximum Gasteiger partial charge on any atom is 0.412 e. The van der Waals surface area contributed by atoms with Crippen molar-refractivity contribution in [2.75, 3.05) is 17.3 Å². The molecule has 1 aliphatic heterocycles. The van der Waals surface area contributed by atoms with Gasteiger partial charge in [0.2, 0.25) is 5.91 Å². The zero-order valence-corrected chi connectivity index (χ0v) is 17.1. The van der Waals surface area contributed by atoms with Gasteiger partial charge in [-0.1, -0.05) is 0 Å². The molecule has 158 valence electrons. The van der Waals surface area contributed by atoms with Crippen molar-refractivity contribution in [3.63, 3.8) is 0 Å². The van der Waals surface area contributed by atoms with Gasteiger partial charge in [0.05, 0.1) is 5.69 Å². The molecule has 1 aromatic carbocycles. The van der Waals surface area contributed by atoms with Crippen LogP contribution in [0.25, 0.3) is 0 Å². The van der Waals surface area contributed by atoms with E-state index < -0.39 is 6.09 Å². The van der Waals surface area contributed by atoms with E-state index in [1.54, 1.807) is 0 Å². The summed E-state index contributed by atoms with van der Waals surface area (Å²) in [4.78, 5) is 35.1. The molecule has 1 aliphatic carbocycles. The first kappa shape index (κ1) is 20.1. The lowest BCUT2D eigenvalue weighted by atomic mass is 9.78. The second kappa shape index (κ2) is 7.89. The van der Waals surface area contributed by atoms with Gasteiger partial charge >= 0.3 is 6.09 Å². The van der Waals surface area contributed by atoms with Crippen molar-refractivity contribution in [3.05, 3.63) is 41.6 Å². The van der Waals surface area contributed by atoms with Crippen LogP contribution in [0.4, 0.5) is 20.7 Å². The number of rotatable bonds is 4. The van der Waals surface area contributed by atoms with E-state index in [9.17, 15) is 14.0 Å². The summed E-state index contributed by atoms with van der Waals surface area (Å²) in [6, 6.07) is 5.05. The SMILES string of the molecule is Cc1nc(CC2CC(NC(=O)Oc3ccc(F)cc3)C2)nc2c1NC(=O)[C@H](C)N2C. The number of fused-ring (bicyclic) bond motifs is 1. The van der Waals surface area contributed by atoms with Gasteiger partial charge in [0.25, 0.3) is 0 Å². The van der Waals surface area contributed by atoms with Gasteiger partial charge in [-0.2, -0.15) is 0 Å². The molecule has 2 aliphatic rings. The molecular formula is C21H24FN5O3. The molecule has 1 aromatic heterocycles. The average molecular weight is 413 g/mol. The number of benzene rings is 1. The predicted octanol–water partition coefficient (Wildman–Crippen LogP) is 2.81. The molecule has 0 unspecified atom stereocenters. The second-order valence-electron chi connectivity index (χ2n) is 7.93. The van der Waals surface area contributed by atoms with Crippen molar-refractivity contribution in [1.29, 1.82) is 0 Å². The topological polar surface area (TPSA) is 96.5 Å². The molecule has 2 aromatic rings. The highest BCUT2D eigenvalue weighted by Gasteiger charge is 2.33. The summed E-state index contributed by atoms with van der Waals surface area (Å²) < 4.78 is 18.1. The van der Waals surface area contributed by atoms with Gasteiger partial charge in [-0.3, -0.25) is 4.79 Å². The van der Waals surface area contributed by atoms with Crippen molar-refractivity contribution in [2.24, 2.45) is 5.92 Å². The third-order valence-electron chi connectivity index (χ3n) is 5.71. The highest BCUT2D eigenvalue weighted by atomic mass is 19.1. The predicted molar refractivity (Wildman–Crippen MR) is 109 cm³/mol. The Morgan fingerprint density at radius 1 is 1.30 bits per heavy atom. The van der Waals surface area contributed by atoms with E-state index in [1.165, 1.54) is 24.3 Å². The van der Waals surface area contributed by atoms with Crippen LogP contribution in [0.2, 0.25) is 0 Å². The van der Waals surface area contributed by atoms with Crippen LogP contribution < -0.4 is 20.3 Å². The quantitative estimate of drug-likeness (QED) is 0.800. The number of hydrogen-bond acceptors (Lipinski definition) is 6. The second-order valence-corrected chi connectivity index (χ2v) is 7.93. The van der Waals surface area contributed by atoms with Crippen molar-refractivity contribution >= 4 is 23.5 Å². The minimum atomic E-state index is -0.544. The zero-order chi connectivity index (χ0) is 21.4. The number of aryl methyl sites for hydroxylation is 1. The molecule has 0 spiro atoms. The van der Waals surface area contributed by atoms with Gasteiger partial charge in [0.1, 0.15) is 29.1 Å². The first-order valence-corrected chi connectivity index (χ1v) is 9.95. The van der Waals surface area contributed by atoms with E-state index in [1.807, 2.05) is 25.8 Å². The van der Waals surface area contributed by atoms with E-state index in [-0.39, 0.29) is 23.8 Å². The fraction of sp³-hybridized carbons (Fsp3) is 0.429. The summed E-state index contributed by atoms with van der Waals surface area (Å²) in [5.41, 5.74) is 1.42. The number of carbonyl (C=O) groups is 2. The Morgan fingerprint density at radius 2 is 2.00 bits per heavy atom. The molecule has 1 fully saturated rings. The molecule has 8 nitrogen and oxygen atoms in total. The Kier molecular flexibility index (Phi) is 5.27. The largest absolute Gasteiger partial charge is 0.412 e. The number of likely N-dealkylation sites (N-methyl/N-ethyl adjacent to an activating group) is 1. The van der Waals surface area contributed by atoms with E-state index in [0.29, 0.717) is 23.8 Å². The molecule has 1 saturated carbocycles. The summed E-state index contributed by atoms with van der Waals surface area (Å²) in [5, 5.41) is 5.70. The molecule has 0 saturated heterocycles. The standard InChI is InChI=1S/C21H24FN5O3/c1-11-18-19(27(3)12(2)20(28)26-18)25-17(23-11)10-13-8-15(9-13)24-21(29)30-16-6-4-14(22)5-7-16/h4-7,12-13,15H,8-10H2,1-3H3,(H,24,29)(H,26,28)/t12-,13?,15?/m0/s1. The lowest BCUT2D eigenvalue weighted by molar-refractivity contribution is -0.117. The Labute approximate surface area is 173 Å². The number of nitrogens with zero attached hydrogens (tertiary/aromatic N) is 3. The van der Waals surface area contributed by atoms with Crippen LogP contribution in [0.3, 0.4) is 0 Å². The molecular weight excluding hydrogens is 389 g/mol. The van der Waals surface area contributed by atoms with Gasteiger partial charge in [0, 0.05) is 19.5 Å². The number of amides is 2. The summed E-state index contributed by atoms with van der Waals surface area (Å²) >= 11 is 0. The van der Waals surface area contributed by atoms with Crippen LogP contribution in [0.15, 0.2) is 24.3 Å². The third-order valence-corrected chi connectivity index (χ3v) is 5.71. The highest BCUT2D eigenvalue weighted by Crippen LogP contribution is 2.34. The monoisotopic (exact) mass is 413 g/mol. The van der Waals surface area contributed by atoms with E-state index >= 15 is 0 Å². The smallest absolute Gasteiger partial charge is 0.410 e. The van der Waals surface area contributed by atoms with Gasteiger partial charge in [-0.05, 0) is 56.9 Å². The van der Waals surface area contributed by atoms with Crippen molar-refractivity contribution < 1.29 is 18.7 Å². The van der Waals surface area contributed by atoms with Gasteiger partial charge in [-0.15, -0.1) is 0 Å². The van der Waals surface area contributed by atoms with Gasteiger partial charge in [-0.25, -0.2) is 19.2 Å². The Hall–Kier alpha value is -3.23. The van der Waals surface area contributed by atoms with Crippen LogP contribution in [0.5, 0.6) is 5.75 Å². The van der Waals surface area contributed by atoms with Crippen LogP contribution in [0.1, 0.15) is 31.3 Å². The lowest BCUT2D eigenvalue weighted by Gasteiger charge is -2.36. The van der Waals surface area contributed by atoms with E-state index in [0.717, 1.165) is 30.2 Å². The maximum atomic E-state index is 12.9. The number of nitrogens with one attached hydrogen (secondary N) is 2. The minimum Gasteiger partial charge on any atom is -0.410 e. The molecule has 2 amide bonds. The van der Waals surface area contributed by atoms with Gasteiger partial charge in [0.15, 0.2) is 5.82 Å². The van der Waals surface area contributed by atoms with Gasteiger partial charge < -0.3 is 20.3 Å². The molecule has 0 bridgehead atoms. The zero-order valence-electron chi connectivity index (χ0n) is 17.1. The molecule has 30 heavy (non-hydrogen) atoms. The minimum absolute atomic E-state index is 0.0312. The third kappa shape index (κ3) is 4.05. The highest BCUT2D eigenvalue weighted by molar-refractivity contribution is 6.02. The number of carbonyl (C=O) groups excluding carboxylic acids is 2. The molecule has 2 heterocycles. The van der Waals surface area contributed by atoms with Crippen molar-refractivity contribution in [3.8, 4) is 5.75 Å². The van der Waals surface area contributed by atoms with Crippen LogP contribution in [-0.4, -0.2) is 41.1 Å². The Balaban J connectivity index is 1.31. The van der Waals surface area contributed by atoms with E-state index in [4.69, 9.17) is 4.74 Å². The first-order chi connectivity index (χ1) is 14.3. The Morgan fingerprint density at radius 3 is 2.70 bits per heavy atom. The summed E-state index contributed by atoms with van der Waals surface area (Å²) in [6.07, 6.45) is 1.77. The lowest BCUT2D eigenvalue weighted by Crippen LogP contribution is -2.46. The summed E-state index contributed by atoms with van der Waals surface area (Å²) in [5.74, 6) is 1.69. The number of aromatic nitrogens is 2. The first-order valence-electron chi connectivity index (χ1n) is 9.95. The average Bonchev–Trinajstić information content (AvgIpc) is 2.67. The number of hydrogen-bond donors (Lipinski definition) is 2. The van der Waals surface area contributed by atoms with Crippen molar-refractivity contribution in [1.82, 2.24) is 15.3 Å². The molecule has 4 rings (SSSR count). The fourth-order valence-corrected chi connectivity index (χ4v) is 3.78. The normalized spacial score (nSPS) is 22.6. The molecule has 1 atom stereocenters. The Bertz CT molecular complexity index is 975. The van der Waals surface area contributed by atoms with Crippen molar-refractivity contribution in [2.45, 2.75) is 45.2 Å². The van der Waals surface area contributed by atoms with Crippen LogP contribution in [-0.2, 0) is 11.2 Å². The summed E-state index contributed by atoms with van der Waals surface area (Å²) in [7, 11) is 1.86.